The van der Waals surface area contributed by atoms with Crippen LogP contribution in [0.5, 0.6) is 5.75 Å². The molecule has 1 saturated heterocycles. The fourth-order valence-electron chi connectivity index (χ4n) is 4.10. The molecule has 2 N–H and O–H groups in total. The van der Waals surface area contributed by atoms with E-state index in [2.05, 4.69) is 34.7 Å². The van der Waals surface area contributed by atoms with Crippen molar-refractivity contribution >= 4 is 11.6 Å². The fourth-order valence-corrected chi connectivity index (χ4v) is 4.10. The molecule has 166 valence electrons. The van der Waals surface area contributed by atoms with E-state index < -0.39 is 0 Å². The molecule has 4 rings (SSSR count). The van der Waals surface area contributed by atoms with Gasteiger partial charge in [-0.2, -0.15) is 0 Å². The van der Waals surface area contributed by atoms with Gasteiger partial charge in [0.2, 0.25) is 5.91 Å². The number of carbonyl (C=O) groups is 1. The maximum atomic E-state index is 12.6. The number of hydrogen-bond acceptors (Lipinski definition) is 5. The zero-order valence-corrected chi connectivity index (χ0v) is 18.7. The van der Waals surface area contributed by atoms with Crippen molar-refractivity contribution in [1.82, 2.24) is 15.3 Å². The number of nitrogens with zero attached hydrogens (tertiary/aromatic N) is 2. The van der Waals surface area contributed by atoms with Gasteiger partial charge in [-0.1, -0.05) is 31.2 Å². The van der Waals surface area contributed by atoms with Crippen molar-refractivity contribution in [1.29, 1.82) is 0 Å². The minimum absolute atomic E-state index is 0.0412. The van der Waals surface area contributed by atoms with Crippen molar-refractivity contribution in [3.63, 3.8) is 0 Å². The van der Waals surface area contributed by atoms with E-state index in [1.807, 2.05) is 42.6 Å². The van der Waals surface area contributed by atoms with Crippen molar-refractivity contribution in [3.05, 3.63) is 72.2 Å². The number of anilines is 1. The summed E-state index contributed by atoms with van der Waals surface area (Å²) in [6.07, 6.45) is 6.35. The Balaban J connectivity index is 1.44. The summed E-state index contributed by atoms with van der Waals surface area (Å²) >= 11 is 0. The monoisotopic (exact) mass is 430 g/mol. The van der Waals surface area contributed by atoms with E-state index in [9.17, 15) is 4.79 Å². The second-order valence-electron chi connectivity index (χ2n) is 8.39. The summed E-state index contributed by atoms with van der Waals surface area (Å²) in [6, 6.07) is 16.0. The smallest absolute Gasteiger partial charge is 0.228 e. The van der Waals surface area contributed by atoms with E-state index in [4.69, 9.17) is 9.72 Å². The van der Waals surface area contributed by atoms with Crippen LogP contribution < -0.4 is 15.4 Å². The molecule has 1 fully saturated rings. The van der Waals surface area contributed by atoms with E-state index in [0.717, 1.165) is 66.3 Å². The predicted molar refractivity (Wildman–Crippen MR) is 127 cm³/mol. The molecule has 0 bridgehead atoms. The lowest BCUT2D eigenvalue weighted by Gasteiger charge is -2.22. The molecule has 2 heterocycles. The Morgan fingerprint density at radius 2 is 2.09 bits per heavy atom. The third-order valence-corrected chi connectivity index (χ3v) is 5.96. The van der Waals surface area contributed by atoms with Gasteiger partial charge >= 0.3 is 0 Å². The summed E-state index contributed by atoms with van der Waals surface area (Å²) in [6.45, 7) is 3.93. The van der Waals surface area contributed by atoms with Crippen molar-refractivity contribution < 1.29 is 9.53 Å². The Labute approximate surface area is 189 Å². The van der Waals surface area contributed by atoms with Crippen molar-refractivity contribution in [3.8, 4) is 17.0 Å². The number of aromatic nitrogens is 2. The van der Waals surface area contributed by atoms with Crippen LogP contribution in [0.4, 0.5) is 5.69 Å². The van der Waals surface area contributed by atoms with E-state index in [0.29, 0.717) is 0 Å². The van der Waals surface area contributed by atoms with Gasteiger partial charge in [-0.3, -0.25) is 9.78 Å². The molecule has 0 saturated carbocycles. The summed E-state index contributed by atoms with van der Waals surface area (Å²) in [5.41, 5.74) is 4.75. The maximum Gasteiger partial charge on any atom is 0.228 e. The Hall–Kier alpha value is -3.25. The highest BCUT2D eigenvalue weighted by Crippen LogP contribution is 2.25. The largest absolute Gasteiger partial charge is 0.497 e. The quantitative estimate of drug-likeness (QED) is 0.580. The van der Waals surface area contributed by atoms with Crippen LogP contribution in [0, 0.1) is 5.92 Å². The second kappa shape index (κ2) is 10.4. The summed E-state index contributed by atoms with van der Waals surface area (Å²) in [5, 5.41) is 6.39. The molecule has 2 atom stereocenters. The minimum Gasteiger partial charge on any atom is -0.497 e. The standard InChI is InChI=1S/C26H30N4O2/c1-18(12-23-16-28-17-25(29-23)20-7-4-10-24(14-20)32-2)19-6-3-9-22(13-19)30-26(31)21-8-5-11-27-15-21/h3-4,6-7,9-10,13-14,16-18,21,27H,5,8,11-12,15H2,1-2H3,(H,30,31)/t18-,21?/m1/s1. The molecule has 1 amide bonds. The molecule has 2 aromatic carbocycles. The van der Waals surface area contributed by atoms with E-state index in [1.165, 1.54) is 0 Å². The lowest BCUT2D eigenvalue weighted by Crippen LogP contribution is -2.37. The highest BCUT2D eigenvalue weighted by Gasteiger charge is 2.21. The Morgan fingerprint density at radius 1 is 1.22 bits per heavy atom. The number of carbonyl (C=O) groups excluding carboxylic acids is 1. The van der Waals surface area contributed by atoms with Gasteiger partial charge in [-0.25, -0.2) is 4.98 Å². The van der Waals surface area contributed by atoms with Crippen LogP contribution in [-0.4, -0.2) is 36.1 Å². The highest BCUT2D eigenvalue weighted by molar-refractivity contribution is 5.92. The van der Waals surface area contributed by atoms with Crippen molar-refractivity contribution in [2.24, 2.45) is 5.92 Å². The van der Waals surface area contributed by atoms with E-state index >= 15 is 0 Å². The first-order valence-corrected chi connectivity index (χ1v) is 11.2. The van der Waals surface area contributed by atoms with Crippen LogP contribution in [0.15, 0.2) is 60.9 Å². The van der Waals surface area contributed by atoms with Crippen LogP contribution in [0.1, 0.15) is 36.9 Å². The minimum atomic E-state index is 0.0412. The third kappa shape index (κ3) is 5.51. The number of nitrogens with one attached hydrogen (secondary N) is 2. The van der Waals surface area contributed by atoms with Crippen LogP contribution in [-0.2, 0) is 11.2 Å². The maximum absolute atomic E-state index is 12.6. The van der Waals surface area contributed by atoms with E-state index in [1.54, 1.807) is 13.3 Å². The molecular formula is C26H30N4O2. The van der Waals surface area contributed by atoms with Gasteiger partial charge in [-0.05, 0) is 61.6 Å². The summed E-state index contributed by atoms with van der Waals surface area (Å²) in [7, 11) is 1.66. The second-order valence-corrected chi connectivity index (χ2v) is 8.39. The molecule has 32 heavy (non-hydrogen) atoms. The first-order chi connectivity index (χ1) is 15.6. The van der Waals surface area contributed by atoms with Gasteiger partial charge in [0.1, 0.15) is 5.75 Å². The zero-order valence-electron chi connectivity index (χ0n) is 18.7. The number of ether oxygens (including phenoxy) is 1. The molecule has 0 radical (unpaired) electrons. The van der Waals surface area contributed by atoms with Crippen molar-refractivity contribution in [2.45, 2.75) is 32.1 Å². The first kappa shape index (κ1) is 22.0. The van der Waals surface area contributed by atoms with Crippen LogP contribution in [0.25, 0.3) is 11.3 Å². The molecule has 0 spiro atoms. The average Bonchev–Trinajstić information content (AvgIpc) is 2.85. The number of hydrogen-bond donors (Lipinski definition) is 2. The van der Waals surface area contributed by atoms with Gasteiger partial charge in [0.25, 0.3) is 0 Å². The third-order valence-electron chi connectivity index (χ3n) is 5.96. The summed E-state index contributed by atoms with van der Waals surface area (Å²) < 4.78 is 5.32. The Kier molecular flexibility index (Phi) is 7.12. The fraction of sp³-hybridized carbons (Fsp3) is 0.346. The average molecular weight is 431 g/mol. The molecular weight excluding hydrogens is 400 g/mol. The number of amides is 1. The van der Waals surface area contributed by atoms with Gasteiger partial charge in [0, 0.05) is 24.0 Å². The number of rotatable bonds is 7. The SMILES string of the molecule is COc1cccc(-c2cncc(C[C@@H](C)c3cccc(NC(=O)C4CCCNC4)c3)n2)c1. The normalized spacial score (nSPS) is 16.9. The van der Waals surface area contributed by atoms with Gasteiger partial charge < -0.3 is 15.4 Å². The van der Waals surface area contributed by atoms with Crippen molar-refractivity contribution in [2.75, 3.05) is 25.5 Å². The van der Waals surface area contributed by atoms with Crippen LogP contribution >= 0.6 is 0 Å². The molecule has 3 aromatic rings. The molecule has 1 aliphatic heterocycles. The number of piperidine rings is 1. The predicted octanol–water partition coefficient (Wildman–Crippen LogP) is 4.44. The zero-order chi connectivity index (χ0) is 22.3. The summed E-state index contributed by atoms with van der Waals surface area (Å²) in [4.78, 5) is 21.8. The summed E-state index contributed by atoms with van der Waals surface area (Å²) in [5.74, 6) is 1.17. The Bertz CT molecular complexity index is 1060. The van der Waals surface area contributed by atoms with Crippen LogP contribution in [0.3, 0.4) is 0 Å². The van der Waals surface area contributed by atoms with E-state index in [-0.39, 0.29) is 17.7 Å². The van der Waals surface area contributed by atoms with Gasteiger partial charge in [0.15, 0.2) is 0 Å². The van der Waals surface area contributed by atoms with Crippen LogP contribution in [0.2, 0.25) is 0 Å². The molecule has 6 heteroatoms. The molecule has 1 unspecified atom stereocenters. The topological polar surface area (TPSA) is 76.1 Å². The number of methoxy groups -OCH3 is 1. The molecule has 0 aliphatic carbocycles. The van der Waals surface area contributed by atoms with Gasteiger partial charge in [0.05, 0.1) is 30.6 Å². The first-order valence-electron chi connectivity index (χ1n) is 11.2. The lowest BCUT2D eigenvalue weighted by atomic mass is 9.95. The Morgan fingerprint density at radius 3 is 2.91 bits per heavy atom. The molecule has 1 aromatic heterocycles. The number of benzene rings is 2. The molecule has 6 nitrogen and oxygen atoms in total. The molecule has 1 aliphatic rings. The highest BCUT2D eigenvalue weighted by atomic mass is 16.5. The lowest BCUT2D eigenvalue weighted by molar-refractivity contribution is -0.120. The van der Waals surface area contributed by atoms with Gasteiger partial charge in [-0.15, -0.1) is 0 Å².